The molecule has 0 fully saturated rings. The standard InChI is InChI=1S/C25H31FN3O8PS/c1-5-34-38(31,35-6-2)17-29-12-11-24(28-29)27-25(30)19-13-21(36-18(3)16-26)15-22(14-19)37-20-7-9-23(10-8-20)39(4,32)33/h7-15,18H,5-6,16-17H2,1-4H3,(H,27,28,30)/t18-/m0/s1. The van der Waals surface area contributed by atoms with Crippen LogP contribution < -0.4 is 14.8 Å². The SMILES string of the molecule is CCOP(=O)(Cn1ccc(NC(=O)c2cc(Oc3ccc(S(C)(=O)=O)cc3)cc(O[C@@H](C)CF)c2)n1)OCC. The van der Waals surface area contributed by atoms with Gasteiger partial charge < -0.3 is 23.8 Å². The molecular formula is C25H31FN3O8PS. The van der Waals surface area contributed by atoms with Crippen LogP contribution in [0.2, 0.25) is 0 Å². The van der Waals surface area contributed by atoms with Gasteiger partial charge in [-0.25, -0.2) is 12.8 Å². The Morgan fingerprint density at radius 3 is 2.28 bits per heavy atom. The summed E-state index contributed by atoms with van der Waals surface area (Å²) in [5, 5.41) is 6.86. The highest BCUT2D eigenvalue weighted by molar-refractivity contribution is 7.90. The lowest BCUT2D eigenvalue weighted by Gasteiger charge is -2.16. The zero-order valence-corrected chi connectivity index (χ0v) is 23.7. The summed E-state index contributed by atoms with van der Waals surface area (Å²) in [6.07, 6.45) is 1.72. The van der Waals surface area contributed by atoms with Gasteiger partial charge in [0.2, 0.25) is 0 Å². The van der Waals surface area contributed by atoms with Crippen molar-refractivity contribution in [3.63, 3.8) is 0 Å². The quantitative estimate of drug-likeness (QED) is 0.251. The summed E-state index contributed by atoms with van der Waals surface area (Å²) in [6.45, 7) is 4.60. The molecule has 0 bridgehead atoms. The van der Waals surface area contributed by atoms with Gasteiger partial charge in [-0.15, -0.1) is 0 Å². The summed E-state index contributed by atoms with van der Waals surface area (Å²) >= 11 is 0. The predicted molar refractivity (Wildman–Crippen MR) is 143 cm³/mol. The second kappa shape index (κ2) is 13.2. The summed E-state index contributed by atoms with van der Waals surface area (Å²) < 4.78 is 72.5. The number of rotatable bonds is 14. The van der Waals surface area contributed by atoms with Gasteiger partial charge in [0.1, 0.15) is 36.3 Å². The number of amides is 1. The molecule has 0 aliphatic carbocycles. The molecule has 0 spiro atoms. The third kappa shape index (κ3) is 8.89. The second-order valence-electron chi connectivity index (χ2n) is 8.40. The van der Waals surface area contributed by atoms with Crippen molar-refractivity contribution in [3.8, 4) is 17.2 Å². The van der Waals surface area contributed by atoms with E-state index in [2.05, 4.69) is 10.4 Å². The van der Waals surface area contributed by atoms with E-state index in [1.54, 1.807) is 13.8 Å². The van der Waals surface area contributed by atoms with Crippen LogP contribution in [0.15, 0.2) is 59.6 Å². The third-order valence-corrected chi connectivity index (χ3v) is 8.10. The van der Waals surface area contributed by atoms with Gasteiger partial charge in [-0.3, -0.25) is 14.0 Å². The van der Waals surface area contributed by atoms with Crippen LogP contribution in [0.25, 0.3) is 0 Å². The Balaban J connectivity index is 1.81. The normalized spacial score (nSPS) is 12.6. The number of halogens is 1. The highest BCUT2D eigenvalue weighted by Gasteiger charge is 2.25. The second-order valence-corrected chi connectivity index (χ2v) is 12.4. The number of carbonyl (C=O) groups is 1. The van der Waals surface area contributed by atoms with E-state index in [1.807, 2.05) is 0 Å². The minimum Gasteiger partial charge on any atom is -0.488 e. The van der Waals surface area contributed by atoms with E-state index in [4.69, 9.17) is 18.5 Å². The molecule has 39 heavy (non-hydrogen) atoms. The zero-order chi connectivity index (χ0) is 28.6. The Hall–Kier alpha value is -3.25. The zero-order valence-electron chi connectivity index (χ0n) is 22.0. The topological polar surface area (TPSA) is 135 Å². The molecule has 3 aromatic rings. The molecule has 0 saturated carbocycles. The highest BCUT2D eigenvalue weighted by Crippen LogP contribution is 2.49. The van der Waals surface area contributed by atoms with Crippen molar-refractivity contribution >= 4 is 29.2 Å². The van der Waals surface area contributed by atoms with Crippen LogP contribution in [0.1, 0.15) is 31.1 Å². The van der Waals surface area contributed by atoms with Gasteiger partial charge in [-0.05, 0) is 57.2 Å². The molecule has 3 rings (SSSR count). The maximum atomic E-state index is 13.1. The Morgan fingerprint density at radius 1 is 1.05 bits per heavy atom. The van der Waals surface area contributed by atoms with Crippen molar-refractivity contribution in [2.24, 2.45) is 0 Å². The fourth-order valence-corrected chi connectivity index (χ4v) is 5.54. The van der Waals surface area contributed by atoms with Gasteiger partial charge in [-0.1, -0.05) is 0 Å². The van der Waals surface area contributed by atoms with Crippen LogP contribution in [0.4, 0.5) is 10.2 Å². The number of carbonyl (C=O) groups excluding carboxylic acids is 1. The van der Waals surface area contributed by atoms with Gasteiger partial charge >= 0.3 is 7.60 Å². The number of hydrogen-bond donors (Lipinski definition) is 1. The van der Waals surface area contributed by atoms with Crippen molar-refractivity contribution < 1.29 is 40.7 Å². The molecular weight excluding hydrogens is 552 g/mol. The van der Waals surface area contributed by atoms with Crippen molar-refractivity contribution in [2.75, 3.05) is 31.5 Å². The Bertz CT molecular complexity index is 1420. The Kier molecular flexibility index (Phi) is 10.3. The van der Waals surface area contributed by atoms with Crippen LogP contribution in [0.5, 0.6) is 17.2 Å². The molecule has 0 radical (unpaired) electrons. The molecule has 1 amide bonds. The van der Waals surface area contributed by atoms with Gasteiger partial charge in [0.15, 0.2) is 15.7 Å². The van der Waals surface area contributed by atoms with Crippen LogP contribution in [-0.4, -0.2) is 56.4 Å². The summed E-state index contributed by atoms with van der Waals surface area (Å²) in [5.41, 5.74) is 0.130. The summed E-state index contributed by atoms with van der Waals surface area (Å²) in [7, 11) is -6.78. The molecule has 0 unspecified atom stereocenters. The van der Waals surface area contributed by atoms with Crippen molar-refractivity contribution in [1.82, 2.24) is 9.78 Å². The number of alkyl halides is 1. The number of sulfone groups is 1. The molecule has 14 heteroatoms. The molecule has 0 aliphatic rings. The molecule has 1 aromatic heterocycles. The average molecular weight is 584 g/mol. The molecule has 212 valence electrons. The maximum Gasteiger partial charge on any atom is 0.351 e. The van der Waals surface area contributed by atoms with Gasteiger partial charge in [0.05, 0.1) is 18.1 Å². The number of nitrogens with one attached hydrogen (secondary N) is 1. The van der Waals surface area contributed by atoms with Crippen LogP contribution >= 0.6 is 7.60 Å². The molecule has 1 N–H and O–H groups in total. The minimum absolute atomic E-state index is 0.127. The van der Waals surface area contributed by atoms with E-state index in [1.165, 1.54) is 66.3 Å². The Morgan fingerprint density at radius 2 is 1.69 bits per heavy atom. The minimum atomic E-state index is -3.41. The van der Waals surface area contributed by atoms with E-state index in [9.17, 15) is 22.2 Å². The first kappa shape index (κ1) is 30.3. The van der Waals surface area contributed by atoms with Crippen LogP contribution in [-0.2, 0) is 29.7 Å². The predicted octanol–water partition coefficient (Wildman–Crippen LogP) is 5.29. The number of anilines is 1. The average Bonchev–Trinajstić information content (AvgIpc) is 3.29. The number of hydrogen-bond acceptors (Lipinski definition) is 9. The number of aromatic nitrogens is 2. The summed E-state index contributed by atoms with van der Waals surface area (Å²) in [4.78, 5) is 13.2. The van der Waals surface area contributed by atoms with Gasteiger partial charge in [-0.2, -0.15) is 5.10 Å². The van der Waals surface area contributed by atoms with Gasteiger partial charge in [0.25, 0.3) is 5.91 Å². The number of benzene rings is 2. The largest absolute Gasteiger partial charge is 0.488 e. The van der Waals surface area contributed by atoms with Crippen molar-refractivity contribution in [2.45, 2.75) is 38.1 Å². The lowest BCUT2D eigenvalue weighted by molar-refractivity contribution is 0.102. The molecule has 11 nitrogen and oxygen atoms in total. The first-order valence-corrected chi connectivity index (χ1v) is 15.6. The van der Waals surface area contributed by atoms with E-state index < -0.39 is 36.1 Å². The Labute approximate surface area is 226 Å². The lowest BCUT2D eigenvalue weighted by Crippen LogP contribution is -2.16. The van der Waals surface area contributed by atoms with E-state index in [0.717, 1.165) is 6.26 Å². The number of nitrogens with zero attached hydrogens (tertiary/aromatic N) is 2. The maximum absolute atomic E-state index is 13.1. The van der Waals surface area contributed by atoms with Crippen molar-refractivity contribution in [3.05, 3.63) is 60.3 Å². The fourth-order valence-electron chi connectivity index (χ4n) is 3.37. The molecule has 0 aliphatic heterocycles. The molecule has 1 atom stereocenters. The van der Waals surface area contributed by atoms with E-state index in [-0.39, 0.29) is 47.3 Å². The molecule has 2 aromatic carbocycles. The monoisotopic (exact) mass is 583 g/mol. The van der Waals surface area contributed by atoms with E-state index in [0.29, 0.717) is 5.75 Å². The number of ether oxygens (including phenoxy) is 2. The summed E-state index contributed by atoms with van der Waals surface area (Å²) in [6, 6.07) is 11.6. The van der Waals surface area contributed by atoms with Crippen molar-refractivity contribution in [1.29, 1.82) is 0 Å². The first-order valence-electron chi connectivity index (χ1n) is 12.0. The lowest BCUT2D eigenvalue weighted by atomic mass is 10.2. The first-order chi connectivity index (χ1) is 18.4. The van der Waals surface area contributed by atoms with Gasteiger partial charge in [0, 0.05) is 30.1 Å². The molecule has 0 saturated heterocycles. The summed E-state index contributed by atoms with van der Waals surface area (Å²) in [5.74, 6) is 0.331. The smallest absolute Gasteiger partial charge is 0.351 e. The molecule has 1 heterocycles. The van der Waals surface area contributed by atoms with Crippen LogP contribution in [0, 0.1) is 0 Å². The van der Waals surface area contributed by atoms with Crippen LogP contribution in [0.3, 0.4) is 0 Å². The fraction of sp³-hybridized carbons (Fsp3) is 0.360. The third-order valence-electron chi connectivity index (χ3n) is 5.04. The highest BCUT2D eigenvalue weighted by atomic mass is 32.2. The van der Waals surface area contributed by atoms with E-state index >= 15 is 0 Å².